The number of unbranched alkanes of at least 4 members (excludes halogenated alkanes) is 3. The van der Waals surface area contributed by atoms with Gasteiger partial charge in [0.1, 0.15) is 0 Å². The number of hydrogen-bond acceptors (Lipinski definition) is 4. The maximum absolute atomic E-state index is 12.1. The molecule has 0 saturated carbocycles. The highest BCUT2D eigenvalue weighted by atomic mass is 16.5. The maximum atomic E-state index is 12.1. The average Bonchev–Trinajstić information content (AvgIpc) is 2.97. The minimum Gasteiger partial charge on any atom is -0.466 e. The van der Waals surface area contributed by atoms with Crippen LogP contribution in [0.5, 0.6) is 0 Å². The summed E-state index contributed by atoms with van der Waals surface area (Å²) in [6.07, 6.45) is 7.63. The quantitative estimate of drug-likeness (QED) is 0.321. The number of ether oxygens (including phenoxy) is 1. The number of ketones is 1. The highest BCUT2D eigenvalue weighted by molar-refractivity contribution is 5.99. The molecule has 1 rings (SSSR count). The minimum atomic E-state index is -0.788. The molecular formula is C23H36O4. The van der Waals surface area contributed by atoms with Gasteiger partial charge in [0.05, 0.1) is 12.2 Å². The number of Topliss-reactive ketones (excluding diaryl/α,β-unsaturated/α-hetero) is 1. The molecule has 152 valence electrons. The van der Waals surface area contributed by atoms with Crippen LogP contribution in [0.4, 0.5) is 0 Å². The lowest BCUT2D eigenvalue weighted by molar-refractivity contribution is -0.143. The van der Waals surface area contributed by atoms with Crippen LogP contribution in [0.1, 0.15) is 91.9 Å². The van der Waals surface area contributed by atoms with Crippen molar-refractivity contribution >= 4 is 11.8 Å². The van der Waals surface area contributed by atoms with Gasteiger partial charge in [-0.05, 0) is 45.4 Å². The molecule has 0 fully saturated rings. The van der Waals surface area contributed by atoms with Crippen molar-refractivity contribution in [3.63, 3.8) is 0 Å². The molecule has 0 aliphatic heterocycles. The third-order valence-corrected chi connectivity index (χ3v) is 5.53. The van der Waals surface area contributed by atoms with Gasteiger partial charge in [0, 0.05) is 30.4 Å². The van der Waals surface area contributed by atoms with E-state index in [1.165, 1.54) is 0 Å². The summed E-state index contributed by atoms with van der Waals surface area (Å²) in [5.41, 5.74) is 1.06. The van der Waals surface area contributed by atoms with Crippen LogP contribution in [0, 0.1) is 17.8 Å². The topological polar surface area (TPSA) is 63.6 Å². The van der Waals surface area contributed by atoms with Gasteiger partial charge in [-0.3, -0.25) is 9.59 Å². The zero-order valence-electron chi connectivity index (χ0n) is 17.5. The lowest BCUT2D eigenvalue weighted by Gasteiger charge is -2.27. The van der Waals surface area contributed by atoms with Crippen LogP contribution < -0.4 is 0 Å². The molecule has 0 aromatic rings. The molecule has 1 aliphatic rings. The fourth-order valence-electron chi connectivity index (χ4n) is 3.24. The summed E-state index contributed by atoms with van der Waals surface area (Å²) in [6.45, 7) is 8.19. The normalized spacial score (nSPS) is 17.3. The molecule has 0 amide bonds. The lowest BCUT2D eigenvalue weighted by Crippen LogP contribution is -2.31. The second kappa shape index (κ2) is 12.0. The molecule has 2 unspecified atom stereocenters. The zero-order valence-corrected chi connectivity index (χ0v) is 17.5. The fourth-order valence-corrected chi connectivity index (χ4v) is 3.24. The lowest BCUT2D eigenvalue weighted by atomic mass is 9.86. The second-order valence-corrected chi connectivity index (χ2v) is 7.74. The second-order valence-electron chi connectivity index (χ2n) is 7.74. The van der Waals surface area contributed by atoms with Crippen molar-refractivity contribution in [2.75, 3.05) is 6.61 Å². The van der Waals surface area contributed by atoms with Gasteiger partial charge < -0.3 is 9.84 Å². The largest absolute Gasteiger partial charge is 0.466 e. The van der Waals surface area contributed by atoms with Gasteiger partial charge in [-0.1, -0.05) is 45.0 Å². The van der Waals surface area contributed by atoms with Crippen LogP contribution in [0.15, 0.2) is 11.1 Å². The van der Waals surface area contributed by atoms with Crippen LogP contribution in [-0.4, -0.2) is 29.1 Å². The molecule has 0 radical (unpaired) electrons. The molecule has 0 bridgehead atoms. The summed E-state index contributed by atoms with van der Waals surface area (Å²) in [6, 6.07) is 0. The van der Waals surface area contributed by atoms with Gasteiger partial charge in [0.25, 0.3) is 0 Å². The van der Waals surface area contributed by atoms with Gasteiger partial charge in [0.15, 0.2) is 5.78 Å². The zero-order chi connectivity index (χ0) is 20.3. The summed E-state index contributed by atoms with van der Waals surface area (Å²) >= 11 is 0. The van der Waals surface area contributed by atoms with Gasteiger partial charge >= 0.3 is 5.97 Å². The van der Waals surface area contributed by atoms with E-state index in [0.29, 0.717) is 25.9 Å². The minimum absolute atomic E-state index is 0.128. The number of rotatable bonds is 11. The molecule has 0 spiro atoms. The van der Waals surface area contributed by atoms with E-state index in [0.717, 1.165) is 56.1 Å². The molecule has 2 atom stereocenters. The predicted molar refractivity (Wildman–Crippen MR) is 108 cm³/mol. The van der Waals surface area contributed by atoms with Gasteiger partial charge in [-0.25, -0.2) is 0 Å². The average molecular weight is 377 g/mol. The van der Waals surface area contributed by atoms with Crippen molar-refractivity contribution in [2.45, 2.75) is 97.5 Å². The van der Waals surface area contributed by atoms with E-state index in [1.54, 1.807) is 0 Å². The Labute approximate surface area is 164 Å². The number of carbonyl (C=O) groups excluding carboxylic acids is 2. The van der Waals surface area contributed by atoms with Crippen molar-refractivity contribution < 1.29 is 19.4 Å². The first-order chi connectivity index (χ1) is 12.8. The Morgan fingerprint density at radius 2 is 1.93 bits per heavy atom. The van der Waals surface area contributed by atoms with Crippen molar-refractivity contribution in [1.29, 1.82) is 0 Å². The number of allylic oxidation sites excluding steroid dienone is 2. The van der Waals surface area contributed by atoms with Crippen LogP contribution in [0.3, 0.4) is 0 Å². The van der Waals surface area contributed by atoms with Crippen LogP contribution >= 0.6 is 0 Å². The van der Waals surface area contributed by atoms with Gasteiger partial charge in [-0.15, -0.1) is 0 Å². The van der Waals surface area contributed by atoms with E-state index in [1.807, 2.05) is 20.8 Å². The summed E-state index contributed by atoms with van der Waals surface area (Å²) in [5.74, 6) is 6.56. The van der Waals surface area contributed by atoms with E-state index >= 15 is 0 Å². The van der Waals surface area contributed by atoms with Crippen molar-refractivity contribution in [2.24, 2.45) is 5.92 Å². The SMILES string of the molecule is CCOC(=O)CCCCCCC1=C(C#CCC(C)(O)C(C)CC)CCC1=O. The van der Waals surface area contributed by atoms with Gasteiger partial charge in [0.2, 0.25) is 0 Å². The Morgan fingerprint density at radius 1 is 1.22 bits per heavy atom. The third-order valence-electron chi connectivity index (χ3n) is 5.53. The highest BCUT2D eigenvalue weighted by Crippen LogP contribution is 2.28. The van der Waals surface area contributed by atoms with E-state index < -0.39 is 5.60 Å². The molecule has 4 heteroatoms. The van der Waals surface area contributed by atoms with Crippen molar-refractivity contribution in [3.05, 3.63) is 11.1 Å². The number of esters is 1. The smallest absolute Gasteiger partial charge is 0.305 e. The van der Waals surface area contributed by atoms with Crippen LogP contribution in [-0.2, 0) is 14.3 Å². The summed E-state index contributed by atoms with van der Waals surface area (Å²) in [4.78, 5) is 23.4. The first-order valence-corrected chi connectivity index (χ1v) is 10.4. The van der Waals surface area contributed by atoms with E-state index in [-0.39, 0.29) is 17.7 Å². The van der Waals surface area contributed by atoms with Crippen molar-refractivity contribution in [3.8, 4) is 11.8 Å². The number of carbonyl (C=O) groups is 2. The first-order valence-electron chi connectivity index (χ1n) is 10.4. The van der Waals surface area contributed by atoms with E-state index in [9.17, 15) is 14.7 Å². The Hall–Kier alpha value is -1.60. The summed E-state index contributed by atoms with van der Waals surface area (Å²) in [7, 11) is 0. The monoisotopic (exact) mass is 376 g/mol. The van der Waals surface area contributed by atoms with Crippen LogP contribution in [0.2, 0.25) is 0 Å². The Bertz CT molecular complexity index is 589. The molecule has 0 aromatic carbocycles. The Kier molecular flexibility index (Phi) is 10.4. The number of aliphatic hydroxyl groups is 1. The van der Waals surface area contributed by atoms with Gasteiger partial charge in [-0.2, -0.15) is 0 Å². The Morgan fingerprint density at radius 3 is 2.59 bits per heavy atom. The molecule has 1 aliphatic carbocycles. The molecular weight excluding hydrogens is 340 g/mol. The molecule has 0 saturated heterocycles. The van der Waals surface area contributed by atoms with Crippen LogP contribution in [0.25, 0.3) is 0 Å². The van der Waals surface area contributed by atoms with E-state index in [2.05, 4.69) is 18.8 Å². The predicted octanol–water partition coefficient (Wildman–Crippen LogP) is 4.74. The Balaban J connectivity index is 2.46. The molecule has 1 N–H and O–H groups in total. The summed E-state index contributed by atoms with van der Waals surface area (Å²) in [5, 5.41) is 10.5. The maximum Gasteiger partial charge on any atom is 0.305 e. The molecule has 27 heavy (non-hydrogen) atoms. The highest BCUT2D eigenvalue weighted by Gasteiger charge is 2.26. The standard InChI is InChI=1S/C23H36O4/c1-5-18(3)23(4,26)17-11-12-19-15-16-21(24)20(19)13-9-7-8-10-14-22(25)27-6-2/h18,26H,5-10,13-17H2,1-4H3. The molecule has 4 nitrogen and oxygen atoms in total. The first kappa shape index (κ1) is 23.4. The third kappa shape index (κ3) is 8.30. The number of hydrogen-bond donors (Lipinski definition) is 1. The fraction of sp³-hybridized carbons (Fsp3) is 0.739. The molecule has 0 heterocycles. The van der Waals surface area contributed by atoms with Crippen molar-refractivity contribution in [1.82, 2.24) is 0 Å². The molecule has 0 aromatic heterocycles. The summed E-state index contributed by atoms with van der Waals surface area (Å²) < 4.78 is 4.92. The van der Waals surface area contributed by atoms with E-state index in [4.69, 9.17) is 4.74 Å².